The van der Waals surface area contributed by atoms with Crippen LogP contribution in [0.3, 0.4) is 0 Å². The zero-order valence-electron chi connectivity index (χ0n) is 17.5. The molecule has 3 unspecified atom stereocenters. The highest BCUT2D eigenvalue weighted by atomic mass is 31.0. The predicted molar refractivity (Wildman–Crippen MR) is 110 cm³/mol. The van der Waals surface area contributed by atoms with Gasteiger partial charge in [-0.25, -0.2) is 0 Å². The Balaban J connectivity index is 0. The fourth-order valence-electron chi connectivity index (χ4n) is 2.92. The molecular formula is C21H45P. The Kier molecular flexibility index (Phi) is 11.2. The zero-order chi connectivity index (χ0) is 18.2. The summed E-state index contributed by atoms with van der Waals surface area (Å²) in [5.74, 6) is 0.936. The summed E-state index contributed by atoms with van der Waals surface area (Å²) in [4.78, 5) is 0. The van der Waals surface area contributed by atoms with Crippen molar-refractivity contribution < 1.29 is 0 Å². The molecule has 0 spiro atoms. The Morgan fingerprint density at radius 3 is 1.45 bits per heavy atom. The van der Waals surface area contributed by atoms with Gasteiger partial charge in [-0.3, -0.25) is 0 Å². The van der Waals surface area contributed by atoms with Gasteiger partial charge in [-0.2, -0.15) is 0 Å². The molecule has 3 atom stereocenters. The molecule has 1 aliphatic carbocycles. The Morgan fingerprint density at radius 1 is 0.864 bits per heavy atom. The average molecular weight is 329 g/mol. The van der Waals surface area contributed by atoms with Gasteiger partial charge in [0.25, 0.3) is 0 Å². The Hall–Kier alpha value is 0.170. The van der Waals surface area contributed by atoms with E-state index in [0.29, 0.717) is 16.2 Å². The number of rotatable bonds is 0. The molecule has 0 aliphatic heterocycles. The molecular weight excluding hydrogens is 283 g/mol. The molecule has 0 aromatic rings. The minimum atomic E-state index is 0.327. The fraction of sp³-hybridized carbons (Fsp3) is 0.905. The van der Waals surface area contributed by atoms with Crippen LogP contribution in [0.25, 0.3) is 0 Å². The lowest BCUT2D eigenvalue weighted by Crippen LogP contribution is -2.27. The van der Waals surface area contributed by atoms with Crippen LogP contribution >= 0.6 is 9.24 Å². The monoisotopic (exact) mass is 328 g/mol. The van der Waals surface area contributed by atoms with E-state index < -0.39 is 0 Å². The van der Waals surface area contributed by atoms with Crippen molar-refractivity contribution in [3.05, 3.63) is 12.2 Å². The van der Waals surface area contributed by atoms with Gasteiger partial charge in [0, 0.05) is 0 Å². The maximum Gasteiger partial charge on any atom is -0.0203 e. The first-order chi connectivity index (χ1) is 9.70. The van der Waals surface area contributed by atoms with E-state index in [1.54, 1.807) is 0 Å². The summed E-state index contributed by atoms with van der Waals surface area (Å²) in [6.07, 6.45) is 8.76. The molecule has 22 heavy (non-hydrogen) atoms. The van der Waals surface area contributed by atoms with Crippen LogP contribution in [0.4, 0.5) is 0 Å². The van der Waals surface area contributed by atoms with E-state index in [2.05, 4.69) is 83.7 Å². The molecule has 0 aromatic heterocycles. The highest BCUT2D eigenvalue weighted by Gasteiger charge is 2.29. The molecule has 1 aliphatic rings. The third kappa shape index (κ3) is 16.5. The summed E-state index contributed by atoms with van der Waals surface area (Å²) in [6, 6.07) is 0. The standard InChI is InChI=1S/C10H20.C9H19P.C2H6/c1-9(2,3)7-8-10(4,5)6;1-7-4-8(10)6-9(2,3)5-7;1-2/h7-8H,1-6H3;7-8H,4-6,10H2,1-3H3;1-2H3. The average Bonchev–Trinajstić information content (AvgIpc) is 2.25. The van der Waals surface area contributed by atoms with Crippen LogP contribution in [0.2, 0.25) is 0 Å². The first-order valence-corrected chi connectivity index (χ1v) is 9.83. The van der Waals surface area contributed by atoms with Gasteiger partial charge >= 0.3 is 0 Å². The van der Waals surface area contributed by atoms with Crippen molar-refractivity contribution in [2.45, 2.75) is 101 Å². The second kappa shape index (κ2) is 10.1. The minimum absolute atomic E-state index is 0.327. The van der Waals surface area contributed by atoms with Crippen molar-refractivity contribution in [2.24, 2.45) is 22.2 Å². The van der Waals surface area contributed by atoms with Gasteiger partial charge in [-0.05, 0) is 47.1 Å². The molecule has 0 nitrogen and oxygen atoms in total. The quantitative estimate of drug-likeness (QED) is 0.315. The minimum Gasteiger partial charge on any atom is -0.134 e. The fourth-order valence-corrected chi connectivity index (χ4v) is 4.02. The third-order valence-corrected chi connectivity index (χ3v) is 4.01. The van der Waals surface area contributed by atoms with Crippen molar-refractivity contribution in [2.75, 3.05) is 0 Å². The second-order valence-corrected chi connectivity index (χ2v) is 10.7. The van der Waals surface area contributed by atoms with Crippen LogP contribution in [-0.4, -0.2) is 5.66 Å². The van der Waals surface area contributed by atoms with Crippen molar-refractivity contribution >= 4 is 9.24 Å². The van der Waals surface area contributed by atoms with Crippen LogP contribution in [0.1, 0.15) is 95.4 Å². The van der Waals surface area contributed by atoms with E-state index in [9.17, 15) is 0 Å². The van der Waals surface area contributed by atoms with Crippen LogP contribution in [0.15, 0.2) is 12.2 Å². The molecule has 134 valence electrons. The zero-order valence-corrected chi connectivity index (χ0v) is 18.7. The molecule has 1 fully saturated rings. The van der Waals surface area contributed by atoms with Gasteiger partial charge in [0.2, 0.25) is 0 Å². The molecule has 1 rings (SSSR count). The first-order valence-electron chi connectivity index (χ1n) is 9.16. The maximum absolute atomic E-state index is 2.97. The number of allylic oxidation sites excluding steroid dienone is 2. The van der Waals surface area contributed by atoms with Crippen LogP contribution in [0.5, 0.6) is 0 Å². The van der Waals surface area contributed by atoms with Crippen molar-refractivity contribution in [3.8, 4) is 0 Å². The SMILES string of the molecule is CC.CC(C)(C)C=CC(C)(C)C.CC1CC(P)CC(C)(C)C1. The molecule has 0 saturated heterocycles. The van der Waals surface area contributed by atoms with Crippen molar-refractivity contribution in [1.82, 2.24) is 0 Å². The summed E-state index contributed by atoms with van der Waals surface area (Å²) in [7, 11) is 2.97. The van der Waals surface area contributed by atoms with Gasteiger partial charge in [0.05, 0.1) is 0 Å². The summed E-state index contributed by atoms with van der Waals surface area (Å²) in [5.41, 5.74) is 2.13. The smallest absolute Gasteiger partial charge is 0.0203 e. The lowest BCUT2D eigenvalue weighted by atomic mass is 9.73. The molecule has 1 saturated carbocycles. The summed E-state index contributed by atoms with van der Waals surface area (Å²) in [6.45, 7) is 24.5. The van der Waals surface area contributed by atoms with E-state index >= 15 is 0 Å². The molecule has 0 bridgehead atoms. The van der Waals surface area contributed by atoms with Gasteiger partial charge in [-0.1, -0.05) is 88.3 Å². The van der Waals surface area contributed by atoms with Gasteiger partial charge < -0.3 is 0 Å². The summed E-state index contributed by atoms with van der Waals surface area (Å²) >= 11 is 0. The largest absolute Gasteiger partial charge is 0.134 e. The lowest BCUT2D eigenvalue weighted by Gasteiger charge is -2.37. The molecule has 0 N–H and O–H groups in total. The van der Waals surface area contributed by atoms with E-state index in [4.69, 9.17) is 0 Å². The maximum atomic E-state index is 2.97. The second-order valence-electron chi connectivity index (χ2n) is 9.74. The van der Waals surface area contributed by atoms with E-state index in [-0.39, 0.29) is 0 Å². The van der Waals surface area contributed by atoms with Gasteiger partial charge in [0.1, 0.15) is 0 Å². The summed E-state index contributed by atoms with van der Waals surface area (Å²) < 4.78 is 0. The molecule has 0 amide bonds. The summed E-state index contributed by atoms with van der Waals surface area (Å²) in [5, 5.41) is 0. The van der Waals surface area contributed by atoms with Crippen LogP contribution in [-0.2, 0) is 0 Å². The van der Waals surface area contributed by atoms with Crippen molar-refractivity contribution in [3.63, 3.8) is 0 Å². The van der Waals surface area contributed by atoms with Crippen LogP contribution < -0.4 is 0 Å². The van der Waals surface area contributed by atoms with E-state index in [0.717, 1.165) is 11.6 Å². The van der Waals surface area contributed by atoms with Gasteiger partial charge in [0.15, 0.2) is 0 Å². The lowest BCUT2D eigenvalue weighted by molar-refractivity contribution is 0.197. The van der Waals surface area contributed by atoms with E-state index in [1.807, 2.05) is 13.8 Å². The molecule has 0 radical (unpaired) electrons. The van der Waals surface area contributed by atoms with E-state index in [1.165, 1.54) is 19.3 Å². The van der Waals surface area contributed by atoms with Gasteiger partial charge in [-0.15, -0.1) is 9.24 Å². The Morgan fingerprint density at radius 2 is 1.23 bits per heavy atom. The van der Waals surface area contributed by atoms with Crippen LogP contribution in [0, 0.1) is 22.2 Å². The first kappa shape index (κ1) is 24.4. The highest BCUT2D eigenvalue weighted by molar-refractivity contribution is 7.17. The van der Waals surface area contributed by atoms with Crippen molar-refractivity contribution in [1.29, 1.82) is 0 Å². The Bertz CT molecular complexity index is 271. The topological polar surface area (TPSA) is 0 Å². The molecule has 0 aromatic carbocycles. The highest BCUT2D eigenvalue weighted by Crippen LogP contribution is 2.41. The normalized spacial score (nSPS) is 24.9. The Labute approximate surface area is 145 Å². The molecule has 0 heterocycles. The number of hydrogen-bond donors (Lipinski definition) is 0. The number of hydrogen-bond acceptors (Lipinski definition) is 0. The molecule has 1 heteroatoms. The third-order valence-electron chi connectivity index (χ3n) is 3.50. The predicted octanol–water partition coefficient (Wildman–Crippen LogP) is 7.74.